The molecule has 0 radical (unpaired) electrons. The lowest BCUT2D eigenvalue weighted by Gasteiger charge is -2.29. The molecule has 3 aromatic rings. The van der Waals surface area contributed by atoms with E-state index in [0.29, 0.717) is 18.5 Å². The molecule has 0 spiro atoms. The number of fused-ring (bicyclic) bond motifs is 1. The number of hydrogen-bond acceptors (Lipinski definition) is 6. The van der Waals surface area contributed by atoms with Gasteiger partial charge < -0.3 is 4.90 Å². The van der Waals surface area contributed by atoms with Crippen LogP contribution in [0.25, 0.3) is 16.3 Å². The standard InChI is InChI=1S/C19H15N5O3S/c25-17-6-5-15(18(26)20-17)23-9-11-3-4-12(8-13(11)19(23)27)24-10-14(21-22-24)16-2-1-7-28-16/h1-4,7-8,10,15H,5-6,9H2,(H,20,25,26). The topological polar surface area (TPSA) is 97.2 Å². The largest absolute Gasteiger partial charge is 0.322 e. The summed E-state index contributed by atoms with van der Waals surface area (Å²) in [5.74, 6) is -0.903. The molecule has 1 aromatic carbocycles. The number of nitrogens with zero attached hydrogens (tertiary/aromatic N) is 4. The van der Waals surface area contributed by atoms with Crippen molar-refractivity contribution in [3.63, 3.8) is 0 Å². The first-order chi connectivity index (χ1) is 13.6. The van der Waals surface area contributed by atoms with Crippen molar-refractivity contribution in [2.24, 2.45) is 0 Å². The molecule has 140 valence electrons. The van der Waals surface area contributed by atoms with Crippen LogP contribution >= 0.6 is 11.3 Å². The molecule has 1 saturated heterocycles. The van der Waals surface area contributed by atoms with Crippen LogP contribution in [0.1, 0.15) is 28.8 Å². The number of nitrogens with one attached hydrogen (secondary N) is 1. The number of rotatable bonds is 3. The van der Waals surface area contributed by atoms with Crippen LogP contribution in [-0.4, -0.2) is 43.7 Å². The Hall–Kier alpha value is -3.33. The van der Waals surface area contributed by atoms with E-state index in [0.717, 1.165) is 21.8 Å². The molecule has 0 saturated carbocycles. The van der Waals surface area contributed by atoms with Crippen LogP contribution in [0.2, 0.25) is 0 Å². The van der Waals surface area contributed by atoms with Crippen molar-refractivity contribution >= 4 is 29.1 Å². The van der Waals surface area contributed by atoms with Crippen LogP contribution in [-0.2, 0) is 16.1 Å². The van der Waals surface area contributed by atoms with Gasteiger partial charge in [-0.25, -0.2) is 4.68 Å². The maximum Gasteiger partial charge on any atom is 0.255 e. The summed E-state index contributed by atoms with van der Waals surface area (Å²) in [7, 11) is 0. The summed E-state index contributed by atoms with van der Waals surface area (Å²) >= 11 is 1.58. The summed E-state index contributed by atoms with van der Waals surface area (Å²) in [5, 5.41) is 12.7. The molecule has 5 rings (SSSR count). The maximum atomic E-state index is 12.9. The monoisotopic (exact) mass is 393 g/mol. The molecular formula is C19H15N5O3S. The number of imide groups is 1. The Kier molecular flexibility index (Phi) is 3.83. The van der Waals surface area contributed by atoms with Crippen molar-refractivity contribution in [1.29, 1.82) is 0 Å². The molecule has 2 aliphatic heterocycles. The fourth-order valence-electron chi connectivity index (χ4n) is 3.61. The van der Waals surface area contributed by atoms with Crippen molar-refractivity contribution in [2.45, 2.75) is 25.4 Å². The Morgan fingerprint density at radius 1 is 1.18 bits per heavy atom. The summed E-state index contributed by atoms with van der Waals surface area (Å²) in [6.07, 6.45) is 2.42. The van der Waals surface area contributed by atoms with Crippen LogP contribution in [0.15, 0.2) is 41.9 Å². The van der Waals surface area contributed by atoms with E-state index in [1.807, 2.05) is 35.8 Å². The van der Waals surface area contributed by atoms with E-state index >= 15 is 0 Å². The molecule has 1 fully saturated rings. The van der Waals surface area contributed by atoms with Gasteiger partial charge in [-0.05, 0) is 35.6 Å². The number of carbonyl (C=O) groups excluding carboxylic acids is 3. The van der Waals surface area contributed by atoms with Crippen molar-refractivity contribution in [1.82, 2.24) is 25.2 Å². The normalized spacial score (nSPS) is 19.1. The first-order valence-corrected chi connectivity index (χ1v) is 9.72. The number of amides is 3. The molecule has 4 heterocycles. The summed E-state index contributed by atoms with van der Waals surface area (Å²) in [5.41, 5.74) is 2.91. The Balaban J connectivity index is 1.42. The van der Waals surface area contributed by atoms with Gasteiger partial charge in [0.15, 0.2) is 0 Å². The fraction of sp³-hybridized carbons (Fsp3) is 0.211. The Bertz CT molecular complexity index is 1100. The van der Waals surface area contributed by atoms with E-state index < -0.39 is 11.9 Å². The van der Waals surface area contributed by atoms with Crippen LogP contribution < -0.4 is 5.32 Å². The number of piperidine rings is 1. The van der Waals surface area contributed by atoms with E-state index in [4.69, 9.17) is 0 Å². The average molecular weight is 393 g/mol. The second kappa shape index (κ2) is 6.38. The highest BCUT2D eigenvalue weighted by Gasteiger charge is 2.39. The maximum absolute atomic E-state index is 12.9. The van der Waals surface area contributed by atoms with Gasteiger partial charge in [-0.1, -0.05) is 17.3 Å². The van der Waals surface area contributed by atoms with E-state index in [2.05, 4.69) is 15.6 Å². The van der Waals surface area contributed by atoms with Crippen molar-refractivity contribution in [2.75, 3.05) is 0 Å². The molecular weight excluding hydrogens is 378 g/mol. The SMILES string of the molecule is O=C1CCC(N2Cc3ccc(-n4cc(-c5cccs5)nn4)cc3C2=O)C(=O)N1. The van der Waals surface area contributed by atoms with Gasteiger partial charge >= 0.3 is 0 Å². The number of thiophene rings is 1. The Morgan fingerprint density at radius 2 is 2.07 bits per heavy atom. The summed E-state index contributed by atoms with van der Waals surface area (Å²) < 4.78 is 1.64. The van der Waals surface area contributed by atoms with Gasteiger partial charge in [-0.3, -0.25) is 19.7 Å². The highest BCUT2D eigenvalue weighted by atomic mass is 32.1. The summed E-state index contributed by atoms with van der Waals surface area (Å²) in [6, 6.07) is 8.85. The minimum atomic E-state index is -0.613. The number of benzene rings is 1. The highest BCUT2D eigenvalue weighted by Crippen LogP contribution is 2.29. The van der Waals surface area contributed by atoms with Crippen molar-refractivity contribution in [3.05, 3.63) is 53.0 Å². The van der Waals surface area contributed by atoms with E-state index in [-0.39, 0.29) is 18.2 Å². The third kappa shape index (κ3) is 2.71. The molecule has 3 amide bonds. The van der Waals surface area contributed by atoms with Gasteiger partial charge in [0.05, 0.1) is 16.8 Å². The molecule has 2 aromatic heterocycles. The van der Waals surface area contributed by atoms with Gasteiger partial charge in [0.2, 0.25) is 11.8 Å². The highest BCUT2D eigenvalue weighted by molar-refractivity contribution is 7.13. The third-order valence-corrected chi connectivity index (χ3v) is 5.94. The fourth-order valence-corrected chi connectivity index (χ4v) is 4.29. The molecule has 8 nitrogen and oxygen atoms in total. The second-order valence-corrected chi connectivity index (χ2v) is 7.71. The zero-order valence-electron chi connectivity index (χ0n) is 14.7. The third-order valence-electron chi connectivity index (χ3n) is 5.04. The minimum absolute atomic E-state index is 0.204. The van der Waals surface area contributed by atoms with Gasteiger partial charge in [0, 0.05) is 18.5 Å². The Morgan fingerprint density at radius 3 is 2.86 bits per heavy atom. The predicted octanol–water partition coefficient (Wildman–Crippen LogP) is 1.76. The van der Waals surface area contributed by atoms with Gasteiger partial charge in [-0.15, -0.1) is 16.4 Å². The molecule has 1 N–H and O–H groups in total. The number of aromatic nitrogens is 3. The van der Waals surface area contributed by atoms with Gasteiger partial charge in [0.1, 0.15) is 11.7 Å². The van der Waals surface area contributed by atoms with E-state index in [1.54, 1.807) is 22.1 Å². The quantitative estimate of drug-likeness (QED) is 0.684. The second-order valence-electron chi connectivity index (χ2n) is 6.77. The van der Waals surface area contributed by atoms with Crippen LogP contribution in [0.5, 0.6) is 0 Å². The van der Waals surface area contributed by atoms with Crippen LogP contribution in [0.4, 0.5) is 0 Å². The molecule has 9 heteroatoms. The van der Waals surface area contributed by atoms with Crippen molar-refractivity contribution < 1.29 is 14.4 Å². The lowest BCUT2D eigenvalue weighted by atomic mass is 10.0. The molecule has 0 bridgehead atoms. The van der Waals surface area contributed by atoms with E-state index in [9.17, 15) is 14.4 Å². The summed E-state index contributed by atoms with van der Waals surface area (Å²) in [6.45, 7) is 0.360. The van der Waals surface area contributed by atoms with E-state index in [1.165, 1.54) is 4.90 Å². The number of carbonyl (C=O) groups is 3. The number of hydrogen-bond donors (Lipinski definition) is 1. The first kappa shape index (κ1) is 16.8. The molecule has 2 aliphatic rings. The predicted molar refractivity (Wildman–Crippen MR) is 101 cm³/mol. The molecule has 1 unspecified atom stereocenters. The van der Waals surface area contributed by atoms with Gasteiger partial charge in [-0.2, -0.15) is 0 Å². The lowest BCUT2D eigenvalue weighted by molar-refractivity contribution is -0.136. The average Bonchev–Trinajstić information content (AvgIpc) is 3.42. The summed E-state index contributed by atoms with van der Waals surface area (Å²) in [4.78, 5) is 39.0. The zero-order chi connectivity index (χ0) is 19.3. The lowest BCUT2D eigenvalue weighted by Crippen LogP contribution is -2.52. The zero-order valence-corrected chi connectivity index (χ0v) is 15.5. The Labute approximate surface area is 163 Å². The minimum Gasteiger partial charge on any atom is -0.322 e. The molecule has 1 atom stereocenters. The van der Waals surface area contributed by atoms with Crippen LogP contribution in [0.3, 0.4) is 0 Å². The van der Waals surface area contributed by atoms with Crippen molar-refractivity contribution in [3.8, 4) is 16.3 Å². The molecule has 28 heavy (non-hydrogen) atoms. The smallest absolute Gasteiger partial charge is 0.255 e. The molecule has 0 aliphatic carbocycles. The van der Waals surface area contributed by atoms with Crippen LogP contribution in [0, 0.1) is 0 Å². The van der Waals surface area contributed by atoms with Gasteiger partial charge in [0.25, 0.3) is 5.91 Å². The first-order valence-electron chi connectivity index (χ1n) is 8.84.